The normalized spacial score (nSPS) is 17.5. The van der Waals surface area contributed by atoms with Crippen LogP contribution < -0.4 is 0 Å². The van der Waals surface area contributed by atoms with Crippen LogP contribution in [0.1, 0.15) is 52.7 Å². The molecule has 0 radical (unpaired) electrons. The van der Waals surface area contributed by atoms with Crippen LogP contribution in [0, 0.1) is 11.6 Å². The van der Waals surface area contributed by atoms with Crippen molar-refractivity contribution < 1.29 is 32.5 Å². The molecule has 0 aliphatic carbocycles. The van der Waals surface area contributed by atoms with Crippen molar-refractivity contribution in [3.05, 3.63) is 119 Å². The standard InChI is InChI=1S/C37H36F2O5S2/c1-41-36(11-15-43-16-12-36)27-19-29(38)23-33(21-27)45-31-7-3-25(4-8-31)35(40)26-5-9-32(10-6-26)46-34-22-28(20-30(39)24-34)37(42-2)13-17-44-18-14-37/h3-10,19-24H,11-18H2,1-2H3. The maximum absolute atomic E-state index is 14.7. The molecule has 2 heterocycles. The van der Waals surface area contributed by atoms with Gasteiger partial charge < -0.3 is 18.9 Å². The van der Waals surface area contributed by atoms with Gasteiger partial charge in [0.25, 0.3) is 0 Å². The summed E-state index contributed by atoms with van der Waals surface area (Å²) < 4.78 is 52.1. The second-order valence-electron chi connectivity index (χ2n) is 11.6. The second-order valence-corrected chi connectivity index (χ2v) is 13.8. The van der Waals surface area contributed by atoms with E-state index in [4.69, 9.17) is 18.9 Å². The average molecular weight is 663 g/mol. The van der Waals surface area contributed by atoms with E-state index in [1.165, 1.54) is 35.7 Å². The molecule has 2 saturated heterocycles. The van der Waals surface area contributed by atoms with Gasteiger partial charge in [-0.3, -0.25) is 4.79 Å². The summed E-state index contributed by atoms with van der Waals surface area (Å²) in [5.41, 5.74) is 1.62. The van der Waals surface area contributed by atoms with Crippen molar-refractivity contribution in [2.75, 3.05) is 40.6 Å². The number of halogens is 2. The van der Waals surface area contributed by atoms with Crippen LogP contribution in [-0.2, 0) is 30.1 Å². The van der Waals surface area contributed by atoms with Gasteiger partial charge in [0.2, 0.25) is 0 Å². The SMILES string of the molecule is COC1(c2cc(F)cc(Sc3ccc(C(=O)c4ccc(Sc5cc(F)cc(C6(OC)CCOCC6)c5)cc4)cc3)c2)CCOCC1. The van der Waals surface area contributed by atoms with Crippen LogP contribution in [0.25, 0.3) is 0 Å². The zero-order chi connectivity index (χ0) is 32.1. The zero-order valence-corrected chi connectivity index (χ0v) is 27.5. The Kier molecular flexibility index (Phi) is 10.3. The van der Waals surface area contributed by atoms with Gasteiger partial charge in [-0.05, 0) is 96.1 Å². The molecular weight excluding hydrogens is 627 g/mol. The summed E-state index contributed by atoms with van der Waals surface area (Å²) in [5, 5.41) is 0. The van der Waals surface area contributed by atoms with Crippen molar-refractivity contribution in [3.63, 3.8) is 0 Å². The number of rotatable bonds is 10. The lowest BCUT2D eigenvalue weighted by atomic mass is 9.86. The van der Waals surface area contributed by atoms with E-state index in [1.807, 2.05) is 36.4 Å². The first-order valence-corrected chi connectivity index (χ1v) is 16.9. The summed E-state index contributed by atoms with van der Waals surface area (Å²) in [6.45, 7) is 2.29. The highest BCUT2D eigenvalue weighted by Gasteiger charge is 2.36. The molecule has 4 aromatic carbocycles. The number of methoxy groups -OCH3 is 2. The van der Waals surface area contributed by atoms with E-state index in [-0.39, 0.29) is 17.4 Å². The van der Waals surface area contributed by atoms with Gasteiger partial charge in [-0.25, -0.2) is 8.78 Å². The maximum atomic E-state index is 14.7. The van der Waals surface area contributed by atoms with E-state index >= 15 is 0 Å². The lowest BCUT2D eigenvalue weighted by Crippen LogP contribution is -2.35. The molecular formula is C37H36F2O5S2. The molecule has 0 spiro atoms. The number of carbonyl (C=O) groups is 1. The van der Waals surface area contributed by atoms with E-state index in [2.05, 4.69) is 0 Å². The Bertz CT molecular complexity index is 1540. The molecule has 0 amide bonds. The van der Waals surface area contributed by atoms with Gasteiger partial charge in [-0.2, -0.15) is 0 Å². The highest BCUT2D eigenvalue weighted by Crippen LogP contribution is 2.40. The van der Waals surface area contributed by atoms with Gasteiger partial charge in [0.05, 0.1) is 11.2 Å². The van der Waals surface area contributed by atoms with Gasteiger partial charge in [0.1, 0.15) is 11.6 Å². The van der Waals surface area contributed by atoms with Crippen molar-refractivity contribution in [2.24, 2.45) is 0 Å². The van der Waals surface area contributed by atoms with Gasteiger partial charge in [0, 0.05) is 97.0 Å². The minimum atomic E-state index is -0.558. The third-order valence-corrected chi connectivity index (χ3v) is 10.8. The van der Waals surface area contributed by atoms with Gasteiger partial charge in [0.15, 0.2) is 5.78 Å². The quantitative estimate of drug-likeness (QED) is 0.157. The van der Waals surface area contributed by atoms with Crippen LogP contribution in [0.3, 0.4) is 0 Å². The Morgan fingerprint density at radius 2 is 0.957 bits per heavy atom. The number of ketones is 1. The number of benzene rings is 4. The third kappa shape index (κ3) is 7.25. The zero-order valence-electron chi connectivity index (χ0n) is 25.9. The van der Waals surface area contributed by atoms with Gasteiger partial charge >= 0.3 is 0 Å². The predicted molar refractivity (Wildman–Crippen MR) is 175 cm³/mol. The predicted octanol–water partition coefficient (Wildman–Crippen LogP) is 8.80. The van der Waals surface area contributed by atoms with Crippen LogP contribution in [0.4, 0.5) is 8.78 Å². The Hall–Kier alpha value is -3.05. The molecule has 0 atom stereocenters. The van der Waals surface area contributed by atoms with Crippen LogP contribution in [0.5, 0.6) is 0 Å². The van der Waals surface area contributed by atoms with Crippen molar-refractivity contribution in [1.29, 1.82) is 0 Å². The summed E-state index contributed by atoms with van der Waals surface area (Å²) in [5.74, 6) is -0.725. The highest BCUT2D eigenvalue weighted by atomic mass is 32.2. The molecule has 240 valence electrons. The average Bonchev–Trinajstić information content (AvgIpc) is 3.09. The molecule has 46 heavy (non-hydrogen) atoms. The van der Waals surface area contributed by atoms with Crippen LogP contribution in [0.15, 0.2) is 105 Å². The van der Waals surface area contributed by atoms with E-state index in [9.17, 15) is 13.6 Å². The molecule has 9 heteroatoms. The first-order chi connectivity index (χ1) is 22.3. The smallest absolute Gasteiger partial charge is 0.193 e. The summed E-state index contributed by atoms with van der Waals surface area (Å²) in [7, 11) is 3.33. The molecule has 5 nitrogen and oxygen atoms in total. The first kappa shape index (κ1) is 32.9. The van der Waals surface area contributed by atoms with E-state index < -0.39 is 11.2 Å². The third-order valence-electron chi connectivity index (χ3n) is 8.88. The maximum Gasteiger partial charge on any atom is 0.193 e. The molecule has 0 bridgehead atoms. The molecule has 0 aromatic heterocycles. The molecule has 0 N–H and O–H groups in total. The first-order valence-electron chi connectivity index (χ1n) is 15.3. The Morgan fingerprint density at radius 1 is 0.587 bits per heavy atom. The summed E-state index contributed by atoms with van der Waals surface area (Å²) in [6.07, 6.45) is 2.68. The minimum absolute atomic E-state index is 0.0997. The van der Waals surface area contributed by atoms with E-state index in [0.717, 1.165) is 30.7 Å². The number of hydrogen-bond donors (Lipinski definition) is 0. The Labute approximate surface area is 277 Å². The Balaban J connectivity index is 1.12. The summed E-state index contributed by atoms with van der Waals surface area (Å²) in [4.78, 5) is 16.6. The van der Waals surface area contributed by atoms with Crippen molar-refractivity contribution in [2.45, 2.75) is 56.5 Å². The fraction of sp³-hybridized carbons (Fsp3) is 0.324. The van der Waals surface area contributed by atoms with E-state index in [0.29, 0.717) is 63.2 Å². The van der Waals surface area contributed by atoms with Crippen LogP contribution >= 0.6 is 23.5 Å². The van der Waals surface area contributed by atoms with Gasteiger partial charge in [-0.1, -0.05) is 23.5 Å². The van der Waals surface area contributed by atoms with Crippen molar-refractivity contribution >= 4 is 29.3 Å². The molecule has 4 aromatic rings. The summed E-state index contributed by atoms with van der Waals surface area (Å²) >= 11 is 2.88. The van der Waals surface area contributed by atoms with Crippen molar-refractivity contribution in [1.82, 2.24) is 0 Å². The Morgan fingerprint density at radius 3 is 1.30 bits per heavy atom. The molecule has 6 rings (SSSR count). The number of hydrogen-bond acceptors (Lipinski definition) is 7. The largest absolute Gasteiger partial charge is 0.381 e. The van der Waals surface area contributed by atoms with Crippen LogP contribution in [0.2, 0.25) is 0 Å². The minimum Gasteiger partial charge on any atom is -0.381 e. The lowest BCUT2D eigenvalue weighted by Gasteiger charge is -2.36. The second kappa shape index (κ2) is 14.4. The highest BCUT2D eigenvalue weighted by molar-refractivity contribution is 7.99. The lowest BCUT2D eigenvalue weighted by molar-refractivity contribution is -0.0952. The summed E-state index contributed by atoms with van der Waals surface area (Å²) in [6, 6.07) is 24.7. The van der Waals surface area contributed by atoms with Gasteiger partial charge in [-0.15, -0.1) is 0 Å². The number of carbonyl (C=O) groups excluding carboxylic acids is 1. The molecule has 2 aliphatic heterocycles. The molecule has 2 aliphatic rings. The fourth-order valence-electron chi connectivity index (χ4n) is 6.18. The van der Waals surface area contributed by atoms with E-state index in [1.54, 1.807) is 50.6 Å². The monoisotopic (exact) mass is 662 g/mol. The fourth-order valence-corrected chi connectivity index (χ4v) is 7.98. The molecule has 2 fully saturated rings. The molecule has 0 unspecified atom stereocenters. The topological polar surface area (TPSA) is 54.0 Å². The van der Waals surface area contributed by atoms with Crippen molar-refractivity contribution in [3.8, 4) is 0 Å². The molecule has 0 saturated carbocycles. The number of ether oxygens (including phenoxy) is 4. The van der Waals surface area contributed by atoms with Crippen LogP contribution in [-0.4, -0.2) is 46.4 Å².